The van der Waals surface area contributed by atoms with Gasteiger partial charge in [-0.1, -0.05) is 30.3 Å². The molecule has 0 saturated heterocycles. The van der Waals surface area contributed by atoms with Crippen molar-refractivity contribution in [2.45, 2.75) is 13.0 Å². The molecule has 3 rings (SSSR count). The highest BCUT2D eigenvalue weighted by Crippen LogP contribution is 2.23. The minimum absolute atomic E-state index is 0.0922. The summed E-state index contributed by atoms with van der Waals surface area (Å²) in [5.41, 5.74) is 2.87. The van der Waals surface area contributed by atoms with Gasteiger partial charge in [-0.2, -0.15) is 0 Å². The second kappa shape index (κ2) is 7.71. The first-order valence-electron chi connectivity index (χ1n) is 7.32. The van der Waals surface area contributed by atoms with E-state index >= 15 is 0 Å². The number of rotatable bonds is 7. The van der Waals surface area contributed by atoms with Crippen LogP contribution in [0.5, 0.6) is 0 Å². The lowest BCUT2D eigenvalue weighted by molar-refractivity contribution is -0.117. The highest BCUT2D eigenvalue weighted by atomic mass is 32.1. The minimum Gasteiger partial charge on any atom is -0.376 e. The van der Waals surface area contributed by atoms with E-state index in [1.165, 1.54) is 11.3 Å². The predicted molar refractivity (Wildman–Crippen MR) is 91.2 cm³/mol. The summed E-state index contributed by atoms with van der Waals surface area (Å²) in [5.74, 6) is -0.0922. The van der Waals surface area contributed by atoms with Crippen molar-refractivity contribution in [2.24, 2.45) is 0 Å². The molecule has 0 radical (unpaired) electrons. The van der Waals surface area contributed by atoms with E-state index in [1.807, 2.05) is 54.0 Å². The van der Waals surface area contributed by atoms with Crippen molar-refractivity contribution in [1.29, 1.82) is 0 Å². The van der Waals surface area contributed by atoms with Crippen LogP contribution in [-0.4, -0.2) is 22.5 Å². The van der Waals surface area contributed by atoms with Crippen molar-refractivity contribution in [3.05, 3.63) is 59.6 Å². The van der Waals surface area contributed by atoms with Gasteiger partial charge in [0.25, 0.3) is 0 Å². The largest absolute Gasteiger partial charge is 0.376 e. The summed E-state index contributed by atoms with van der Waals surface area (Å²) in [4.78, 5) is 19.4. The summed E-state index contributed by atoms with van der Waals surface area (Å²) in [5, 5.41) is 5.31. The van der Waals surface area contributed by atoms with Crippen molar-refractivity contribution in [2.75, 3.05) is 11.9 Å². The maximum atomic E-state index is 11.9. The van der Waals surface area contributed by atoms with Crippen LogP contribution in [0.1, 0.15) is 12.0 Å². The van der Waals surface area contributed by atoms with E-state index < -0.39 is 0 Å². The van der Waals surface area contributed by atoms with Crippen LogP contribution in [0.4, 0.5) is 5.13 Å². The Kier molecular flexibility index (Phi) is 5.18. The van der Waals surface area contributed by atoms with Gasteiger partial charge in [-0.25, -0.2) is 4.98 Å². The molecule has 2 N–H and O–H groups in total. The fourth-order valence-electron chi connectivity index (χ4n) is 2.06. The number of aromatic amines is 1. The second-order valence-electron chi connectivity index (χ2n) is 4.96. The van der Waals surface area contributed by atoms with Crippen LogP contribution in [0.15, 0.2) is 54.0 Å². The van der Waals surface area contributed by atoms with E-state index in [2.05, 4.69) is 15.3 Å². The Morgan fingerprint density at radius 1 is 1.22 bits per heavy atom. The van der Waals surface area contributed by atoms with Gasteiger partial charge >= 0.3 is 0 Å². The number of carbonyl (C=O) groups excluding carboxylic acids is 1. The zero-order valence-corrected chi connectivity index (χ0v) is 13.3. The summed E-state index contributed by atoms with van der Waals surface area (Å²) in [6.07, 6.45) is 2.15. The van der Waals surface area contributed by atoms with Crippen LogP contribution >= 0.6 is 11.3 Å². The number of amides is 1. The number of ether oxygens (including phenoxy) is 1. The van der Waals surface area contributed by atoms with Crippen LogP contribution < -0.4 is 5.32 Å². The Balaban J connectivity index is 1.41. The molecule has 5 nitrogen and oxygen atoms in total. The fourth-order valence-corrected chi connectivity index (χ4v) is 2.78. The second-order valence-corrected chi connectivity index (χ2v) is 5.82. The van der Waals surface area contributed by atoms with Gasteiger partial charge in [-0.15, -0.1) is 11.3 Å². The highest BCUT2D eigenvalue weighted by molar-refractivity contribution is 7.14. The van der Waals surface area contributed by atoms with E-state index in [1.54, 1.807) is 0 Å². The smallest absolute Gasteiger partial charge is 0.228 e. The molecule has 118 valence electrons. The van der Waals surface area contributed by atoms with Crippen LogP contribution in [0.3, 0.4) is 0 Å². The van der Waals surface area contributed by atoms with Crippen LogP contribution in [0, 0.1) is 0 Å². The Morgan fingerprint density at radius 3 is 2.87 bits per heavy atom. The number of H-pyrrole nitrogens is 1. The molecule has 0 bridgehead atoms. The molecule has 3 aromatic rings. The van der Waals surface area contributed by atoms with E-state index in [-0.39, 0.29) is 5.91 Å². The van der Waals surface area contributed by atoms with Crippen molar-refractivity contribution < 1.29 is 9.53 Å². The fraction of sp³-hybridized carbons (Fsp3) is 0.176. The number of thiazole rings is 1. The number of benzene rings is 1. The van der Waals surface area contributed by atoms with Gasteiger partial charge in [0.15, 0.2) is 5.13 Å². The zero-order chi connectivity index (χ0) is 15.9. The average molecular weight is 327 g/mol. The Morgan fingerprint density at radius 2 is 2.09 bits per heavy atom. The number of anilines is 1. The van der Waals surface area contributed by atoms with Crippen molar-refractivity contribution in [3.63, 3.8) is 0 Å². The molecule has 0 aliphatic rings. The monoisotopic (exact) mass is 327 g/mol. The molecule has 2 heterocycles. The molecule has 0 spiro atoms. The first-order valence-corrected chi connectivity index (χ1v) is 8.20. The first-order chi connectivity index (χ1) is 11.3. The van der Waals surface area contributed by atoms with Gasteiger partial charge < -0.3 is 15.0 Å². The predicted octanol–water partition coefficient (Wildman–Crippen LogP) is 3.68. The zero-order valence-electron chi connectivity index (χ0n) is 12.5. The van der Waals surface area contributed by atoms with Gasteiger partial charge in [-0.3, -0.25) is 4.79 Å². The highest BCUT2D eigenvalue weighted by Gasteiger charge is 2.08. The number of carbonyl (C=O) groups is 1. The van der Waals surface area contributed by atoms with E-state index in [9.17, 15) is 4.79 Å². The molecule has 2 aromatic heterocycles. The van der Waals surface area contributed by atoms with E-state index in [4.69, 9.17) is 4.74 Å². The Labute approximate surface area is 138 Å². The number of hydrogen-bond acceptors (Lipinski definition) is 4. The number of hydrogen-bond donors (Lipinski definition) is 2. The number of nitrogens with zero attached hydrogens (tertiary/aromatic N) is 1. The van der Waals surface area contributed by atoms with Crippen molar-refractivity contribution in [1.82, 2.24) is 9.97 Å². The summed E-state index contributed by atoms with van der Waals surface area (Å²) < 4.78 is 5.51. The summed E-state index contributed by atoms with van der Waals surface area (Å²) >= 11 is 1.41. The normalized spacial score (nSPS) is 10.6. The molecule has 6 heteroatoms. The van der Waals surface area contributed by atoms with Gasteiger partial charge in [0, 0.05) is 11.6 Å². The first kappa shape index (κ1) is 15.5. The molecular formula is C17H17N3O2S. The van der Waals surface area contributed by atoms with Gasteiger partial charge in [0.2, 0.25) is 5.91 Å². The lowest BCUT2D eigenvalue weighted by atomic mass is 10.2. The van der Waals surface area contributed by atoms with Crippen LogP contribution in [-0.2, 0) is 16.1 Å². The Bertz CT molecular complexity index is 738. The molecule has 1 aromatic carbocycles. The van der Waals surface area contributed by atoms with E-state index in [0.29, 0.717) is 24.8 Å². The lowest BCUT2D eigenvalue weighted by Gasteiger charge is -2.04. The number of aromatic nitrogens is 2. The molecule has 1 amide bonds. The Hall–Kier alpha value is -2.44. The third-order valence-corrected chi connectivity index (χ3v) is 3.97. The molecule has 0 aliphatic heterocycles. The molecule has 23 heavy (non-hydrogen) atoms. The van der Waals surface area contributed by atoms with Gasteiger partial charge in [0.1, 0.15) is 0 Å². The molecule has 0 saturated carbocycles. The lowest BCUT2D eigenvalue weighted by Crippen LogP contribution is -2.14. The van der Waals surface area contributed by atoms with E-state index in [0.717, 1.165) is 17.0 Å². The quantitative estimate of drug-likeness (QED) is 0.651. The number of nitrogens with one attached hydrogen (secondary N) is 2. The SMILES string of the molecule is O=C(CCOCc1ccccc1)Nc1nc(-c2ccc[nH]2)cs1. The molecule has 0 aliphatic carbocycles. The summed E-state index contributed by atoms with van der Waals surface area (Å²) in [7, 11) is 0. The molecule has 0 fully saturated rings. The van der Waals surface area contributed by atoms with Crippen molar-refractivity contribution in [3.8, 4) is 11.4 Å². The molecular weight excluding hydrogens is 310 g/mol. The van der Waals surface area contributed by atoms with Gasteiger partial charge in [-0.05, 0) is 17.7 Å². The average Bonchev–Trinajstić information content (AvgIpc) is 3.24. The minimum atomic E-state index is -0.0922. The standard InChI is InChI=1S/C17H17N3O2S/c21-16(8-10-22-11-13-5-2-1-3-6-13)20-17-19-15(12-23-17)14-7-4-9-18-14/h1-7,9,12,18H,8,10-11H2,(H,19,20,21). The van der Waals surface area contributed by atoms with Crippen LogP contribution in [0.2, 0.25) is 0 Å². The summed E-state index contributed by atoms with van der Waals surface area (Å²) in [6.45, 7) is 0.901. The topological polar surface area (TPSA) is 67.0 Å². The van der Waals surface area contributed by atoms with Gasteiger partial charge in [0.05, 0.1) is 31.0 Å². The van der Waals surface area contributed by atoms with Crippen LogP contribution in [0.25, 0.3) is 11.4 Å². The molecule has 0 unspecified atom stereocenters. The third kappa shape index (κ3) is 4.51. The molecule has 0 atom stereocenters. The maximum Gasteiger partial charge on any atom is 0.228 e. The van der Waals surface area contributed by atoms with Crippen molar-refractivity contribution >= 4 is 22.4 Å². The third-order valence-electron chi connectivity index (χ3n) is 3.21. The maximum absolute atomic E-state index is 11.9. The summed E-state index contributed by atoms with van der Waals surface area (Å²) in [6, 6.07) is 13.8.